The van der Waals surface area contributed by atoms with Crippen molar-refractivity contribution in [3.05, 3.63) is 12.1 Å². The van der Waals surface area contributed by atoms with E-state index in [0.717, 1.165) is 50.9 Å². The van der Waals surface area contributed by atoms with Crippen molar-refractivity contribution >= 4 is 17.4 Å². The normalized spacial score (nSPS) is 22.3. The van der Waals surface area contributed by atoms with Crippen LogP contribution in [0.3, 0.4) is 0 Å². The van der Waals surface area contributed by atoms with E-state index in [1.165, 1.54) is 4.63 Å². The second-order valence-corrected chi connectivity index (χ2v) is 7.89. The van der Waals surface area contributed by atoms with Gasteiger partial charge >= 0.3 is 0 Å². The number of anilines is 1. The van der Waals surface area contributed by atoms with Crippen LogP contribution < -0.4 is 5.32 Å². The van der Waals surface area contributed by atoms with Crippen LogP contribution in [-0.4, -0.2) is 68.9 Å². The molecule has 27 heavy (non-hydrogen) atoms. The first-order chi connectivity index (χ1) is 13.2. The van der Waals surface area contributed by atoms with E-state index in [0.29, 0.717) is 25.2 Å². The molecule has 9 nitrogen and oxygen atoms in total. The van der Waals surface area contributed by atoms with Crippen LogP contribution in [0.2, 0.25) is 0 Å². The average molecular weight is 373 g/mol. The van der Waals surface area contributed by atoms with Crippen LogP contribution in [0.15, 0.2) is 12.1 Å². The molecule has 0 bridgehead atoms. The van der Waals surface area contributed by atoms with E-state index >= 15 is 0 Å². The maximum absolute atomic E-state index is 12.9. The number of methoxy groups -OCH3 is 1. The van der Waals surface area contributed by atoms with Crippen LogP contribution in [0.1, 0.15) is 44.9 Å². The fourth-order valence-corrected chi connectivity index (χ4v) is 3.89. The third-order valence-corrected chi connectivity index (χ3v) is 5.63. The molecule has 9 heteroatoms. The highest BCUT2D eigenvalue weighted by atomic mass is 16.5. The number of fused-ring (bicyclic) bond motifs is 1. The molecular formula is C18H27N7O2. The van der Waals surface area contributed by atoms with E-state index in [1.54, 1.807) is 7.11 Å². The fourth-order valence-electron chi connectivity index (χ4n) is 3.89. The van der Waals surface area contributed by atoms with Crippen LogP contribution in [0, 0.1) is 5.41 Å². The summed E-state index contributed by atoms with van der Waals surface area (Å²) in [6.45, 7) is 2.22. The Balaban J connectivity index is 1.41. The van der Waals surface area contributed by atoms with Gasteiger partial charge in [-0.25, -0.2) is 0 Å². The van der Waals surface area contributed by atoms with Crippen LogP contribution in [0.4, 0.5) is 5.82 Å². The molecule has 1 aliphatic carbocycles. The molecule has 1 unspecified atom stereocenters. The topological polar surface area (TPSA) is 97.5 Å². The van der Waals surface area contributed by atoms with Crippen molar-refractivity contribution in [1.82, 2.24) is 30.2 Å². The van der Waals surface area contributed by atoms with Gasteiger partial charge in [0.05, 0.1) is 6.61 Å². The zero-order valence-corrected chi connectivity index (χ0v) is 15.8. The summed E-state index contributed by atoms with van der Waals surface area (Å²) in [5, 5.41) is 19.2. The van der Waals surface area contributed by atoms with Crippen molar-refractivity contribution in [3.63, 3.8) is 0 Å². The quantitative estimate of drug-likeness (QED) is 0.820. The smallest absolute Gasteiger partial charge is 0.223 e. The van der Waals surface area contributed by atoms with Gasteiger partial charge in [0.15, 0.2) is 5.65 Å². The predicted molar refractivity (Wildman–Crippen MR) is 99.2 cm³/mol. The van der Waals surface area contributed by atoms with E-state index in [2.05, 4.69) is 25.9 Å². The lowest BCUT2D eigenvalue weighted by Gasteiger charge is -2.32. The molecule has 0 spiro atoms. The SMILES string of the molecule is COCC1(CC(=O)N2CCCCCC(Nc3ccc4nnnn4n3)C2)CC1. The van der Waals surface area contributed by atoms with Crippen LogP contribution in [0.25, 0.3) is 5.65 Å². The average Bonchev–Trinajstić information content (AvgIpc) is 3.21. The van der Waals surface area contributed by atoms with E-state index in [1.807, 2.05) is 17.0 Å². The molecule has 1 saturated carbocycles. The van der Waals surface area contributed by atoms with Gasteiger partial charge in [-0.3, -0.25) is 4.79 Å². The molecule has 3 heterocycles. The standard InChI is InChI=1S/C18H27N7O2/c1-27-13-18(8-9-18)11-17(26)24-10-4-2-3-5-14(12-24)19-15-6-7-16-20-22-23-25(16)21-15/h6-7,14H,2-5,8-13H2,1H3,(H,19,21). The van der Waals surface area contributed by atoms with Gasteiger partial charge in [0.25, 0.3) is 0 Å². The molecule has 1 saturated heterocycles. The van der Waals surface area contributed by atoms with E-state index in [4.69, 9.17) is 4.74 Å². The molecule has 1 aliphatic heterocycles. The number of ether oxygens (including phenoxy) is 1. The molecular weight excluding hydrogens is 346 g/mol. The lowest BCUT2D eigenvalue weighted by molar-refractivity contribution is -0.133. The first-order valence-corrected chi connectivity index (χ1v) is 9.76. The lowest BCUT2D eigenvalue weighted by Crippen LogP contribution is -2.43. The van der Waals surface area contributed by atoms with Gasteiger partial charge in [-0.15, -0.1) is 14.8 Å². The molecule has 0 aromatic carbocycles. The van der Waals surface area contributed by atoms with Crippen molar-refractivity contribution in [2.75, 3.05) is 32.1 Å². The lowest BCUT2D eigenvalue weighted by atomic mass is 10.0. The zero-order chi connectivity index (χ0) is 18.7. The maximum Gasteiger partial charge on any atom is 0.223 e. The third-order valence-electron chi connectivity index (χ3n) is 5.63. The van der Waals surface area contributed by atoms with Gasteiger partial charge < -0.3 is 15.0 Å². The second-order valence-electron chi connectivity index (χ2n) is 7.89. The Morgan fingerprint density at radius 2 is 2.22 bits per heavy atom. The van der Waals surface area contributed by atoms with E-state index in [9.17, 15) is 4.79 Å². The molecule has 1 atom stereocenters. The molecule has 1 amide bonds. The van der Waals surface area contributed by atoms with Crippen molar-refractivity contribution in [3.8, 4) is 0 Å². The van der Waals surface area contributed by atoms with Gasteiger partial charge in [-0.2, -0.15) is 0 Å². The Bertz CT molecular complexity index is 789. The minimum atomic E-state index is 0.0871. The number of likely N-dealkylation sites (tertiary alicyclic amines) is 1. The van der Waals surface area contributed by atoms with Gasteiger partial charge in [0, 0.05) is 38.1 Å². The first kappa shape index (κ1) is 18.1. The highest BCUT2D eigenvalue weighted by Crippen LogP contribution is 2.49. The molecule has 0 radical (unpaired) electrons. The summed E-state index contributed by atoms with van der Waals surface area (Å²) in [5.41, 5.74) is 0.701. The molecule has 4 rings (SSSR count). The number of carbonyl (C=O) groups excluding carboxylic acids is 1. The minimum absolute atomic E-state index is 0.0871. The molecule has 2 fully saturated rings. The fraction of sp³-hybridized carbons (Fsp3) is 0.722. The number of hydrogen-bond donors (Lipinski definition) is 1. The Morgan fingerprint density at radius 3 is 3.04 bits per heavy atom. The summed E-state index contributed by atoms with van der Waals surface area (Å²) in [6.07, 6.45) is 7.18. The first-order valence-electron chi connectivity index (χ1n) is 9.76. The molecule has 146 valence electrons. The summed E-state index contributed by atoms with van der Waals surface area (Å²) in [7, 11) is 1.72. The summed E-state index contributed by atoms with van der Waals surface area (Å²) < 4.78 is 6.73. The summed E-state index contributed by atoms with van der Waals surface area (Å²) in [6, 6.07) is 3.89. The van der Waals surface area contributed by atoms with Crippen molar-refractivity contribution in [1.29, 1.82) is 0 Å². The molecule has 2 aliphatic rings. The van der Waals surface area contributed by atoms with Gasteiger partial charge in [-0.05, 0) is 48.2 Å². The van der Waals surface area contributed by atoms with Gasteiger partial charge in [-0.1, -0.05) is 12.8 Å². The Kier molecular flexibility index (Phi) is 5.20. The number of aromatic nitrogens is 5. The highest BCUT2D eigenvalue weighted by Gasteiger charge is 2.45. The number of tetrazole rings is 1. The largest absolute Gasteiger partial charge is 0.384 e. The van der Waals surface area contributed by atoms with E-state index < -0.39 is 0 Å². The third kappa shape index (κ3) is 4.35. The number of nitrogens with zero attached hydrogens (tertiary/aromatic N) is 6. The Morgan fingerprint density at radius 1 is 1.33 bits per heavy atom. The minimum Gasteiger partial charge on any atom is -0.384 e. The number of rotatable bonds is 6. The predicted octanol–water partition coefficient (Wildman–Crippen LogP) is 1.52. The monoisotopic (exact) mass is 373 g/mol. The number of carbonyl (C=O) groups is 1. The molecule has 2 aromatic heterocycles. The van der Waals surface area contributed by atoms with E-state index in [-0.39, 0.29) is 17.4 Å². The number of nitrogens with one attached hydrogen (secondary N) is 1. The zero-order valence-electron chi connectivity index (χ0n) is 15.8. The number of amides is 1. The second kappa shape index (κ2) is 7.75. The number of hydrogen-bond acceptors (Lipinski definition) is 7. The van der Waals surface area contributed by atoms with Crippen molar-refractivity contribution in [2.45, 2.75) is 51.0 Å². The van der Waals surface area contributed by atoms with Crippen LogP contribution in [-0.2, 0) is 9.53 Å². The molecule has 1 N–H and O–H groups in total. The van der Waals surface area contributed by atoms with Crippen molar-refractivity contribution < 1.29 is 9.53 Å². The Labute approximate surface area is 158 Å². The highest BCUT2D eigenvalue weighted by molar-refractivity contribution is 5.77. The Hall–Kier alpha value is -2.29. The van der Waals surface area contributed by atoms with Gasteiger partial charge in [0.2, 0.25) is 5.91 Å². The molecule has 2 aromatic rings. The maximum atomic E-state index is 12.9. The summed E-state index contributed by atoms with van der Waals surface area (Å²) >= 11 is 0. The summed E-state index contributed by atoms with van der Waals surface area (Å²) in [5.74, 6) is 0.980. The van der Waals surface area contributed by atoms with Gasteiger partial charge in [0.1, 0.15) is 5.82 Å². The van der Waals surface area contributed by atoms with Crippen LogP contribution in [0.5, 0.6) is 0 Å². The summed E-state index contributed by atoms with van der Waals surface area (Å²) in [4.78, 5) is 15.0. The van der Waals surface area contributed by atoms with Crippen LogP contribution >= 0.6 is 0 Å². The van der Waals surface area contributed by atoms with Crippen molar-refractivity contribution in [2.24, 2.45) is 5.41 Å².